The number of anilines is 2. The van der Waals surface area contributed by atoms with Crippen LogP contribution in [0.3, 0.4) is 0 Å². The van der Waals surface area contributed by atoms with Crippen molar-refractivity contribution in [1.29, 1.82) is 5.26 Å². The van der Waals surface area contributed by atoms with E-state index in [0.717, 1.165) is 23.8 Å². The minimum Gasteiger partial charge on any atom is -0.383 e. The Kier molecular flexibility index (Phi) is 5.54. The van der Waals surface area contributed by atoms with Crippen molar-refractivity contribution in [2.45, 2.75) is 53.4 Å². The maximum Gasteiger partial charge on any atom is 0.138 e. The Balaban J connectivity index is 3.28. The van der Waals surface area contributed by atoms with Gasteiger partial charge in [-0.05, 0) is 12.8 Å². The summed E-state index contributed by atoms with van der Waals surface area (Å²) in [5.74, 6) is 2.61. The zero-order valence-electron chi connectivity index (χ0n) is 14.1. The smallest absolute Gasteiger partial charge is 0.138 e. The highest BCUT2D eigenvalue weighted by Crippen LogP contribution is 2.27. The van der Waals surface area contributed by atoms with Gasteiger partial charge in [-0.3, -0.25) is 0 Å². The van der Waals surface area contributed by atoms with Gasteiger partial charge in [0.1, 0.15) is 17.5 Å². The molecule has 1 heterocycles. The normalized spacial score (nSPS) is 11.5. The van der Waals surface area contributed by atoms with Gasteiger partial charge in [0.25, 0.3) is 0 Å². The molecule has 116 valence electrons. The zero-order valence-corrected chi connectivity index (χ0v) is 14.1. The summed E-state index contributed by atoms with van der Waals surface area (Å²) >= 11 is 0. The number of nitrogens with two attached hydrogens (primary N) is 1. The summed E-state index contributed by atoms with van der Waals surface area (Å²) in [7, 11) is 0. The largest absolute Gasteiger partial charge is 0.383 e. The van der Waals surface area contributed by atoms with Crippen molar-refractivity contribution in [3.05, 3.63) is 11.4 Å². The minimum atomic E-state index is -0.157. The van der Waals surface area contributed by atoms with Gasteiger partial charge in [0.15, 0.2) is 0 Å². The summed E-state index contributed by atoms with van der Waals surface area (Å²) in [4.78, 5) is 11.3. The number of hydrogen-bond donors (Lipinski definition) is 1. The molecule has 0 amide bonds. The average molecular weight is 289 g/mol. The highest BCUT2D eigenvalue weighted by Gasteiger charge is 2.23. The van der Waals surface area contributed by atoms with Crippen molar-refractivity contribution < 1.29 is 0 Å². The zero-order chi connectivity index (χ0) is 16.2. The predicted molar refractivity (Wildman–Crippen MR) is 87.2 cm³/mol. The van der Waals surface area contributed by atoms with Crippen LogP contribution < -0.4 is 10.6 Å². The van der Waals surface area contributed by atoms with E-state index < -0.39 is 0 Å². The van der Waals surface area contributed by atoms with Gasteiger partial charge >= 0.3 is 0 Å². The van der Waals surface area contributed by atoms with Gasteiger partial charge in [-0.1, -0.05) is 34.6 Å². The third-order valence-electron chi connectivity index (χ3n) is 3.21. The highest BCUT2D eigenvalue weighted by atomic mass is 15.2. The molecule has 0 aliphatic heterocycles. The molecular weight excluding hydrogens is 262 g/mol. The fraction of sp³-hybridized carbons (Fsp3) is 0.688. The Bertz CT molecular complexity index is 523. The molecule has 0 bridgehead atoms. The third kappa shape index (κ3) is 4.59. The summed E-state index contributed by atoms with van der Waals surface area (Å²) in [5, 5.41) is 8.87. The summed E-state index contributed by atoms with van der Waals surface area (Å²) in [6, 6.07) is 2.20. The summed E-state index contributed by atoms with van der Waals surface area (Å²) in [6.45, 7) is 14.0. The van der Waals surface area contributed by atoms with Gasteiger partial charge in [-0.15, -0.1) is 0 Å². The summed E-state index contributed by atoms with van der Waals surface area (Å²) in [5.41, 5.74) is 6.81. The van der Waals surface area contributed by atoms with Crippen molar-refractivity contribution in [3.63, 3.8) is 0 Å². The molecule has 5 heteroatoms. The molecule has 1 rings (SSSR count). The highest BCUT2D eigenvalue weighted by molar-refractivity contribution is 5.57. The maximum absolute atomic E-state index is 8.87. The van der Waals surface area contributed by atoms with Crippen LogP contribution in [-0.4, -0.2) is 23.1 Å². The van der Waals surface area contributed by atoms with E-state index >= 15 is 0 Å². The lowest BCUT2D eigenvalue weighted by Gasteiger charge is -2.28. The second kappa shape index (κ2) is 6.75. The van der Waals surface area contributed by atoms with Crippen molar-refractivity contribution in [1.82, 2.24) is 9.97 Å². The van der Waals surface area contributed by atoms with E-state index in [-0.39, 0.29) is 5.41 Å². The lowest BCUT2D eigenvalue weighted by Crippen LogP contribution is -2.31. The van der Waals surface area contributed by atoms with Gasteiger partial charge in [-0.25, -0.2) is 9.97 Å². The maximum atomic E-state index is 8.87. The second-order valence-corrected chi connectivity index (χ2v) is 6.88. The number of nitrogens with zero attached hydrogens (tertiary/aromatic N) is 4. The molecule has 5 nitrogen and oxygen atoms in total. The van der Waals surface area contributed by atoms with Crippen LogP contribution in [0.25, 0.3) is 0 Å². The molecule has 0 aliphatic carbocycles. The van der Waals surface area contributed by atoms with Crippen molar-refractivity contribution in [2.24, 2.45) is 5.92 Å². The van der Waals surface area contributed by atoms with Gasteiger partial charge in [0.05, 0.1) is 12.5 Å². The van der Waals surface area contributed by atoms with Crippen LogP contribution in [0.2, 0.25) is 0 Å². The molecule has 0 aliphatic rings. The monoisotopic (exact) mass is 289 g/mol. The molecule has 0 unspecified atom stereocenters. The van der Waals surface area contributed by atoms with Gasteiger partial charge < -0.3 is 10.6 Å². The van der Waals surface area contributed by atoms with Crippen molar-refractivity contribution in [2.75, 3.05) is 23.7 Å². The SMILES string of the molecule is Cc1c(N)nc(C(C)(C)C)nc1N(CCC#N)CC(C)C. The summed E-state index contributed by atoms with van der Waals surface area (Å²) < 4.78 is 0. The molecule has 0 fully saturated rings. The fourth-order valence-corrected chi connectivity index (χ4v) is 2.07. The van der Waals surface area contributed by atoms with Crippen LogP contribution in [0.1, 0.15) is 52.4 Å². The van der Waals surface area contributed by atoms with Crippen LogP contribution in [0.5, 0.6) is 0 Å². The van der Waals surface area contributed by atoms with E-state index in [1.54, 1.807) is 0 Å². The minimum absolute atomic E-state index is 0.157. The first kappa shape index (κ1) is 17.2. The molecule has 0 spiro atoms. The topological polar surface area (TPSA) is 78.8 Å². The molecule has 1 aromatic rings. The fourth-order valence-electron chi connectivity index (χ4n) is 2.07. The Morgan fingerprint density at radius 3 is 2.38 bits per heavy atom. The Hall–Kier alpha value is -1.83. The van der Waals surface area contributed by atoms with Crippen molar-refractivity contribution >= 4 is 11.6 Å². The van der Waals surface area contributed by atoms with E-state index in [2.05, 4.69) is 50.6 Å². The molecule has 2 N–H and O–H groups in total. The van der Waals surface area contributed by atoms with E-state index in [0.29, 0.717) is 24.7 Å². The molecule has 0 saturated carbocycles. The first-order valence-corrected chi connectivity index (χ1v) is 7.43. The average Bonchev–Trinajstić information content (AvgIpc) is 2.36. The third-order valence-corrected chi connectivity index (χ3v) is 3.21. The Morgan fingerprint density at radius 2 is 1.90 bits per heavy atom. The van der Waals surface area contributed by atoms with Crippen LogP contribution in [-0.2, 0) is 5.41 Å². The number of nitrogen functional groups attached to an aromatic ring is 1. The van der Waals surface area contributed by atoms with Gasteiger partial charge in [0.2, 0.25) is 0 Å². The van der Waals surface area contributed by atoms with Crippen LogP contribution in [0, 0.1) is 24.2 Å². The first-order valence-electron chi connectivity index (χ1n) is 7.43. The van der Waals surface area contributed by atoms with Gasteiger partial charge in [-0.2, -0.15) is 5.26 Å². The number of rotatable bonds is 5. The lowest BCUT2D eigenvalue weighted by molar-refractivity contribution is 0.540. The lowest BCUT2D eigenvalue weighted by atomic mass is 9.95. The molecular formula is C16H27N5. The first-order chi connectivity index (χ1) is 9.66. The molecule has 0 aromatic carbocycles. The van der Waals surface area contributed by atoms with Crippen molar-refractivity contribution in [3.8, 4) is 6.07 Å². The number of hydrogen-bond acceptors (Lipinski definition) is 5. The van der Waals surface area contributed by atoms with E-state index in [4.69, 9.17) is 16.0 Å². The molecule has 0 atom stereocenters. The predicted octanol–water partition coefficient (Wildman–Crippen LogP) is 3.04. The number of nitriles is 1. The molecule has 0 radical (unpaired) electrons. The second-order valence-electron chi connectivity index (χ2n) is 6.88. The summed E-state index contributed by atoms with van der Waals surface area (Å²) in [6.07, 6.45) is 0.473. The molecule has 21 heavy (non-hydrogen) atoms. The quantitative estimate of drug-likeness (QED) is 0.901. The van der Waals surface area contributed by atoms with Crippen LogP contribution in [0.15, 0.2) is 0 Å². The van der Waals surface area contributed by atoms with Crippen LogP contribution >= 0.6 is 0 Å². The van der Waals surface area contributed by atoms with Crippen LogP contribution in [0.4, 0.5) is 11.6 Å². The standard InChI is InChI=1S/C16H27N5/c1-11(2)10-21(9-7-8-17)14-12(3)13(18)19-15(20-14)16(4,5)6/h11H,7,9-10H2,1-6H3,(H2,18,19,20). The Morgan fingerprint density at radius 1 is 1.29 bits per heavy atom. The molecule has 1 aromatic heterocycles. The van der Waals surface area contributed by atoms with Gasteiger partial charge in [0, 0.05) is 24.1 Å². The van der Waals surface area contributed by atoms with E-state index in [1.165, 1.54) is 0 Å². The molecule has 0 saturated heterocycles. The Labute approximate surface area is 128 Å². The van der Waals surface area contributed by atoms with E-state index in [9.17, 15) is 0 Å². The van der Waals surface area contributed by atoms with E-state index in [1.807, 2.05) is 6.92 Å². The number of aromatic nitrogens is 2.